The Bertz CT molecular complexity index is 306. The maximum atomic E-state index is 5.55. The molecule has 0 aromatic heterocycles. The van der Waals surface area contributed by atoms with Crippen LogP contribution in [-0.2, 0) is 4.74 Å². The van der Waals surface area contributed by atoms with Crippen molar-refractivity contribution in [3.63, 3.8) is 0 Å². The minimum Gasteiger partial charge on any atom is -0.379 e. The van der Waals surface area contributed by atoms with Crippen molar-refractivity contribution in [2.45, 2.75) is 56.9 Å². The van der Waals surface area contributed by atoms with Gasteiger partial charge in [-0.05, 0) is 37.0 Å². The summed E-state index contributed by atoms with van der Waals surface area (Å²) in [6.07, 6.45) is 12.1. The lowest BCUT2D eigenvalue weighted by Gasteiger charge is -2.35. The summed E-state index contributed by atoms with van der Waals surface area (Å²) in [7, 11) is 0. The number of fused-ring (bicyclic) bond motifs is 1. The molecule has 0 aromatic carbocycles. The van der Waals surface area contributed by atoms with E-state index in [0.29, 0.717) is 5.54 Å². The van der Waals surface area contributed by atoms with Crippen LogP contribution < -0.4 is 0 Å². The molecule has 102 valence electrons. The van der Waals surface area contributed by atoms with Crippen molar-refractivity contribution < 1.29 is 4.74 Å². The molecule has 4 fully saturated rings. The van der Waals surface area contributed by atoms with E-state index < -0.39 is 0 Å². The second-order valence-electron chi connectivity index (χ2n) is 7.08. The predicted molar refractivity (Wildman–Crippen MR) is 72.5 cm³/mol. The lowest BCUT2D eigenvalue weighted by atomic mass is 9.94. The number of hydrogen-bond donors (Lipinski definition) is 0. The molecule has 0 amide bonds. The van der Waals surface area contributed by atoms with Crippen molar-refractivity contribution >= 4 is 0 Å². The van der Waals surface area contributed by atoms with Crippen LogP contribution in [0.2, 0.25) is 0 Å². The molecule has 0 spiro atoms. The van der Waals surface area contributed by atoms with Crippen LogP contribution in [0.3, 0.4) is 0 Å². The highest BCUT2D eigenvalue weighted by molar-refractivity contribution is 5.22. The van der Waals surface area contributed by atoms with E-state index >= 15 is 0 Å². The van der Waals surface area contributed by atoms with E-state index in [1.54, 1.807) is 6.42 Å². The molecule has 2 nitrogen and oxygen atoms in total. The quantitative estimate of drug-likeness (QED) is 0.762. The lowest BCUT2D eigenvalue weighted by molar-refractivity contribution is 0.00267. The zero-order valence-electron chi connectivity index (χ0n) is 11.6. The summed E-state index contributed by atoms with van der Waals surface area (Å²) in [6, 6.07) is 0. The third-order valence-corrected chi connectivity index (χ3v) is 6.41. The van der Waals surface area contributed by atoms with Crippen LogP contribution in [-0.4, -0.2) is 36.7 Å². The van der Waals surface area contributed by atoms with E-state index in [1.165, 1.54) is 58.0 Å². The number of hydrogen-bond acceptors (Lipinski definition) is 2. The zero-order valence-corrected chi connectivity index (χ0v) is 11.6. The molecule has 4 rings (SSSR count). The van der Waals surface area contributed by atoms with Crippen molar-refractivity contribution in [3.8, 4) is 0 Å². The number of ether oxygens (including phenoxy) is 1. The molecule has 18 heavy (non-hydrogen) atoms. The maximum Gasteiger partial charge on any atom is 0.0594 e. The van der Waals surface area contributed by atoms with Crippen LogP contribution in [0.4, 0.5) is 0 Å². The molecule has 0 unspecified atom stereocenters. The Morgan fingerprint density at radius 1 is 1.00 bits per heavy atom. The van der Waals surface area contributed by atoms with E-state index in [2.05, 4.69) is 4.90 Å². The minimum atomic E-state index is 0.659. The molecule has 0 radical (unpaired) electrons. The summed E-state index contributed by atoms with van der Waals surface area (Å²) >= 11 is 0. The van der Waals surface area contributed by atoms with Gasteiger partial charge < -0.3 is 4.74 Å². The topological polar surface area (TPSA) is 12.5 Å². The molecular formula is C16H27NO. The van der Waals surface area contributed by atoms with Gasteiger partial charge in [0, 0.05) is 18.6 Å². The minimum absolute atomic E-state index is 0.659. The lowest BCUT2D eigenvalue weighted by Crippen LogP contribution is -2.46. The first-order valence-corrected chi connectivity index (χ1v) is 8.24. The fourth-order valence-electron chi connectivity index (χ4n) is 5.60. The maximum absolute atomic E-state index is 5.55. The van der Waals surface area contributed by atoms with Gasteiger partial charge in [-0.25, -0.2) is 0 Å². The number of morpholine rings is 1. The van der Waals surface area contributed by atoms with Crippen molar-refractivity contribution in [1.82, 2.24) is 4.90 Å². The molecule has 0 aromatic rings. The summed E-state index contributed by atoms with van der Waals surface area (Å²) in [6.45, 7) is 4.37. The van der Waals surface area contributed by atoms with E-state index in [9.17, 15) is 0 Å². The van der Waals surface area contributed by atoms with Crippen molar-refractivity contribution in [2.75, 3.05) is 26.3 Å². The van der Waals surface area contributed by atoms with Crippen LogP contribution in [0.5, 0.6) is 0 Å². The first kappa shape index (κ1) is 11.7. The normalized spacial score (nSPS) is 45.3. The van der Waals surface area contributed by atoms with Crippen LogP contribution >= 0.6 is 0 Å². The predicted octanol–water partition coefficient (Wildman–Crippen LogP) is 3.07. The molecule has 3 atom stereocenters. The fraction of sp³-hybridized carbons (Fsp3) is 1.00. The Labute approximate surface area is 111 Å². The molecule has 2 heteroatoms. The number of rotatable bonds is 3. The first-order valence-electron chi connectivity index (χ1n) is 8.24. The highest BCUT2D eigenvalue weighted by Gasteiger charge is 2.68. The van der Waals surface area contributed by atoms with Crippen LogP contribution in [0.15, 0.2) is 0 Å². The first-order chi connectivity index (χ1) is 8.91. The molecule has 3 aliphatic carbocycles. The average molecular weight is 249 g/mol. The zero-order chi connectivity index (χ0) is 12.0. The monoisotopic (exact) mass is 249 g/mol. The van der Waals surface area contributed by atoms with E-state index in [1.807, 2.05) is 0 Å². The third-order valence-electron chi connectivity index (χ3n) is 6.41. The smallest absolute Gasteiger partial charge is 0.0594 e. The SMILES string of the molecule is C1CCC(C[C@@H]2[C@@H]3CCC[C@]23N2CCOCC2)C1. The van der Waals surface area contributed by atoms with Crippen molar-refractivity contribution in [1.29, 1.82) is 0 Å². The van der Waals surface area contributed by atoms with Gasteiger partial charge in [0.15, 0.2) is 0 Å². The summed E-state index contributed by atoms with van der Waals surface area (Å²) < 4.78 is 5.55. The second kappa shape index (κ2) is 4.49. The highest BCUT2D eigenvalue weighted by Crippen LogP contribution is 2.67. The molecule has 0 bridgehead atoms. The summed E-state index contributed by atoms with van der Waals surface area (Å²) in [4.78, 5) is 2.83. The van der Waals surface area contributed by atoms with E-state index in [0.717, 1.165) is 31.0 Å². The van der Waals surface area contributed by atoms with Gasteiger partial charge in [-0.3, -0.25) is 4.90 Å². The third kappa shape index (κ3) is 1.68. The van der Waals surface area contributed by atoms with Gasteiger partial charge in [0.05, 0.1) is 13.2 Å². The van der Waals surface area contributed by atoms with Crippen molar-refractivity contribution in [3.05, 3.63) is 0 Å². The number of nitrogens with zero attached hydrogens (tertiary/aromatic N) is 1. The van der Waals surface area contributed by atoms with Crippen LogP contribution in [0.25, 0.3) is 0 Å². The van der Waals surface area contributed by atoms with Gasteiger partial charge in [0.25, 0.3) is 0 Å². The van der Waals surface area contributed by atoms with Gasteiger partial charge in [0.2, 0.25) is 0 Å². The van der Waals surface area contributed by atoms with Gasteiger partial charge in [-0.1, -0.05) is 32.1 Å². The van der Waals surface area contributed by atoms with Crippen LogP contribution in [0.1, 0.15) is 51.4 Å². The Morgan fingerprint density at radius 3 is 2.56 bits per heavy atom. The van der Waals surface area contributed by atoms with Gasteiger partial charge in [-0.15, -0.1) is 0 Å². The van der Waals surface area contributed by atoms with E-state index in [4.69, 9.17) is 4.74 Å². The molecule has 3 saturated carbocycles. The fourth-order valence-corrected chi connectivity index (χ4v) is 5.60. The van der Waals surface area contributed by atoms with Crippen molar-refractivity contribution in [2.24, 2.45) is 17.8 Å². The molecule has 1 heterocycles. The molecule has 1 aliphatic heterocycles. The molecular weight excluding hydrogens is 222 g/mol. The van der Waals surface area contributed by atoms with Crippen LogP contribution in [0, 0.1) is 17.8 Å². The Hall–Kier alpha value is -0.0800. The van der Waals surface area contributed by atoms with Gasteiger partial charge in [-0.2, -0.15) is 0 Å². The van der Waals surface area contributed by atoms with E-state index in [-0.39, 0.29) is 0 Å². The standard InChI is InChI=1S/C16H27NO/c1-2-5-13(4-1)12-15-14-6-3-7-16(14,15)17-8-10-18-11-9-17/h13-15H,1-12H2/t14-,15+,16+/m0/s1. The Morgan fingerprint density at radius 2 is 1.78 bits per heavy atom. The summed E-state index contributed by atoms with van der Waals surface area (Å²) in [5.74, 6) is 3.21. The highest BCUT2D eigenvalue weighted by atomic mass is 16.5. The molecule has 4 aliphatic rings. The largest absolute Gasteiger partial charge is 0.379 e. The average Bonchev–Trinajstić information content (AvgIpc) is 2.86. The molecule has 0 N–H and O–H groups in total. The Kier molecular flexibility index (Phi) is 2.92. The van der Waals surface area contributed by atoms with Gasteiger partial charge in [0.1, 0.15) is 0 Å². The second-order valence-corrected chi connectivity index (χ2v) is 7.08. The summed E-state index contributed by atoms with van der Waals surface area (Å²) in [5, 5.41) is 0. The Balaban J connectivity index is 1.45. The van der Waals surface area contributed by atoms with Gasteiger partial charge >= 0.3 is 0 Å². The molecule has 1 saturated heterocycles. The summed E-state index contributed by atoms with van der Waals surface area (Å²) in [5.41, 5.74) is 0.659.